The summed E-state index contributed by atoms with van der Waals surface area (Å²) in [6, 6.07) is 16.2. The summed E-state index contributed by atoms with van der Waals surface area (Å²) in [5.41, 5.74) is 6.74. The monoisotopic (exact) mass is 477 g/mol. The lowest BCUT2D eigenvalue weighted by Crippen LogP contribution is -2.36. The van der Waals surface area contributed by atoms with Crippen LogP contribution in [0.3, 0.4) is 0 Å². The Morgan fingerprint density at radius 3 is 2.72 bits per heavy atom. The summed E-state index contributed by atoms with van der Waals surface area (Å²) in [5.74, 6) is 0.876. The van der Waals surface area contributed by atoms with E-state index < -0.39 is 0 Å². The lowest BCUT2D eigenvalue weighted by Gasteiger charge is -2.21. The minimum Gasteiger partial charge on any atom is -0.340 e. The van der Waals surface area contributed by atoms with Crippen molar-refractivity contribution < 1.29 is 4.79 Å². The van der Waals surface area contributed by atoms with E-state index in [4.69, 9.17) is 6.57 Å². The molecule has 180 valence electrons. The smallest absolute Gasteiger partial charge is 0.321 e. The summed E-state index contributed by atoms with van der Waals surface area (Å²) in [6.45, 7) is 9.36. The molecule has 1 saturated heterocycles. The first kappa shape index (κ1) is 22.1. The maximum atomic E-state index is 12.9. The molecule has 0 saturated carbocycles. The van der Waals surface area contributed by atoms with Crippen molar-refractivity contribution in [2.45, 2.75) is 19.0 Å². The minimum atomic E-state index is -0.0527. The van der Waals surface area contributed by atoms with E-state index in [2.05, 4.69) is 67.7 Å². The van der Waals surface area contributed by atoms with Crippen LogP contribution < -0.4 is 5.32 Å². The quantitative estimate of drug-likeness (QED) is 0.368. The van der Waals surface area contributed by atoms with Crippen LogP contribution in [0.2, 0.25) is 0 Å². The topological polar surface area (TPSA) is 62.7 Å². The van der Waals surface area contributed by atoms with Gasteiger partial charge in [-0.2, -0.15) is 0 Å². The molecule has 1 unspecified atom stereocenters. The van der Waals surface area contributed by atoms with Crippen LogP contribution in [-0.4, -0.2) is 63.2 Å². The Bertz CT molecular complexity index is 1490. The van der Waals surface area contributed by atoms with E-state index in [1.807, 2.05) is 47.6 Å². The van der Waals surface area contributed by atoms with Gasteiger partial charge in [0.05, 0.1) is 18.0 Å². The van der Waals surface area contributed by atoms with Crippen LogP contribution in [0.15, 0.2) is 67.1 Å². The number of benzene rings is 2. The third-order valence-corrected chi connectivity index (χ3v) is 7.21. The molecule has 6 rings (SSSR count). The van der Waals surface area contributed by atoms with Crippen molar-refractivity contribution in [1.29, 1.82) is 0 Å². The highest BCUT2D eigenvalue weighted by Crippen LogP contribution is 2.35. The number of nitrogens with one attached hydrogen (secondary N) is 1. The molecule has 2 aromatic carbocycles. The third kappa shape index (κ3) is 3.84. The van der Waals surface area contributed by atoms with Gasteiger partial charge in [-0.25, -0.2) is 14.6 Å². The highest BCUT2D eigenvalue weighted by Gasteiger charge is 2.28. The van der Waals surface area contributed by atoms with Crippen molar-refractivity contribution >= 4 is 17.4 Å². The molecule has 8 nitrogen and oxygen atoms in total. The van der Waals surface area contributed by atoms with Gasteiger partial charge in [0.15, 0.2) is 11.5 Å². The zero-order chi connectivity index (χ0) is 24.8. The molecule has 0 spiro atoms. The minimum absolute atomic E-state index is 0.0527. The second-order valence-corrected chi connectivity index (χ2v) is 9.65. The molecule has 4 heterocycles. The fourth-order valence-corrected chi connectivity index (χ4v) is 5.16. The molecule has 2 amide bonds. The van der Waals surface area contributed by atoms with Gasteiger partial charge in [0, 0.05) is 55.5 Å². The van der Waals surface area contributed by atoms with Crippen LogP contribution in [0.4, 0.5) is 16.2 Å². The lowest BCUT2D eigenvalue weighted by molar-refractivity contribution is 0.216. The second-order valence-electron chi connectivity index (χ2n) is 9.65. The van der Waals surface area contributed by atoms with E-state index in [1.165, 1.54) is 0 Å². The number of aromatic nitrogens is 3. The molecule has 1 atom stereocenters. The Morgan fingerprint density at radius 2 is 1.97 bits per heavy atom. The van der Waals surface area contributed by atoms with Crippen molar-refractivity contribution in [2.75, 3.05) is 32.5 Å². The van der Waals surface area contributed by atoms with Gasteiger partial charge in [-0.3, -0.25) is 4.57 Å². The fourth-order valence-electron chi connectivity index (χ4n) is 5.16. The molecule has 0 radical (unpaired) electrons. The van der Waals surface area contributed by atoms with Crippen LogP contribution in [0.5, 0.6) is 0 Å². The summed E-state index contributed by atoms with van der Waals surface area (Å²) in [7, 11) is 4.12. The SMILES string of the molecule is [C-]#[N+]c1ccc(-c2cc3n(c2)Cc2cc(NC(=O)N4CCC(N(C)C)C4)ccc2-n2ccnc2-3)cc1. The predicted octanol–water partition coefficient (Wildman–Crippen LogP) is 5.09. The summed E-state index contributed by atoms with van der Waals surface area (Å²) in [6.07, 6.45) is 6.92. The van der Waals surface area contributed by atoms with Gasteiger partial charge < -0.3 is 19.7 Å². The van der Waals surface area contributed by atoms with Gasteiger partial charge in [-0.05, 0) is 55.9 Å². The first-order valence-corrected chi connectivity index (χ1v) is 12.1. The van der Waals surface area contributed by atoms with Crippen LogP contribution in [0, 0.1) is 6.57 Å². The Morgan fingerprint density at radius 1 is 1.14 bits per heavy atom. The molecule has 0 bridgehead atoms. The van der Waals surface area contributed by atoms with Gasteiger partial charge in [-0.15, -0.1) is 0 Å². The number of likely N-dealkylation sites (N-methyl/N-ethyl adjacent to an activating group) is 1. The number of nitrogens with zero attached hydrogens (tertiary/aromatic N) is 6. The molecule has 2 aliphatic rings. The molecule has 2 aromatic heterocycles. The number of anilines is 1. The van der Waals surface area contributed by atoms with Crippen molar-refractivity contribution in [3.05, 3.63) is 84.1 Å². The van der Waals surface area contributed by atoms with E-state index in [1.54, 1.807) is 0 Å². The molecular weight excluding hydrogens is 450 g/mol. The van der Waals surface area contributed by atoms with Crippen molar-refractivity contribution in [3.63, 3.8) is 0 Å². The molecule has 4 aromatic rings. The Hall–Kier alpha value is -4.35. The Labute approximate surface area is 210 Å². The zero-order valence-corrected chi connectivity index (χ0v) is 20.3. The number of hydrogen-bond acceptors (Lipinski definition) is 3. The van der Waals surface area contributed by atoms with E-state index in [0.29, 0.717) is 18.3 Å². The van der Waals surface area contributed by atoms with Crippen LogP contribution in [0.25, 0.3) is 33.2 Å². The first-order valence-electron chi connectivity index (χ1n) is 12.1. The second kappa shape index (κ2) is 8.70. The molecule has 1 N–H and O–H groups in total. The summed E-state index contributed by atoms with van der Waals surface area (Å²) < 4.78 is 4.31. The number of likely N-dealkylation sites (tertiary alicyclic amines) is 1. The Balaban J connectivity index is 1.31. The molecule has 2 aliphatic heterocycles. The molecule has 8 heteroatoms. The fraction of sp³-hybridized carbons (Fsp3) is 0.250. The van der Waals surface area contributed by atoms with Gasteiger partial charge >= 0.3 is 6.03 Å². The maximum absolute atomic E-state index is 12.9. The van der Waals surface area contributed by atoms with Crippen LogP contribution in [-0.2, 0) is 6.54 Å². The van der Waals surface area contributed by atoms with Gasteiger partial charge in [0.2, 0.25) is 0 Å². The van der Waals surface area contributed by atoms with Crippen LogP contribution in [0.1, 0.15) is 12.0 Å². The van der Waals surface area contributed by atoms with Gasteiger partial charge in [0.25, 0.3) is 0 Å². The summed E-state index contributed by atoms with van der Waals surface area (Å²) in [4.78, 5) is 25.2. The summed E-state index contributed by atoms with van der Waals surface area (Å²) >= 11 is 0. The Kier molecular flexibility index (Phi) is 5.35. The average Bonchev–Trinajstić information content (AvgIpc) is 3.63. The predicted molar refractivity (Wildman–Crippen MR) is 140 cm³/mol. The van der Waals surface area contributed by atoms with Crippen LogP contribution >= 0.6 is 0 Å². The molecular formula is C28H27N7O. The van der Waals surface area contributed by atoms with Crippen molar-refractivity contribution in [3.8, 4) is 28.3 Å². The number of imidazole rings is 1. The van der Waals surface area contributed by atoms with Gasteiger partial charge in [0.1, 0.15) is 0 Å². The highest BCUT2D eigenvalue weighted by atomic mass is 16.2. The number of urea groups is 1. The number of amides is 2. The van der Waals surface area contributed by atoms with Crippen molar-refractivity contribution in [1.82, 2.24) is 23.9 Å². The standard InChI is InChI=1S/C28H27N7O/c1-29-22-6-4-19(5-7-22)20-15-26-27-30-11-13-35(27)25-9-8-23(14-21(25)17-34(26)16-20)31-28(36)33-12-10-24(18-33)32(2)3/h4-9,11,13-16,24H,10,12,17-18H2,2-3H3,(H,31,36). The molecule has 36 heavy (non-hydrogen) atoms. The van der Waals surface area contributed by atoms with Gasteiger partial charge in [-0.1, -0.05) is 24.3 Å². The largest absolute Gasteiger partial charge is 0.340 e. The van der Waals surface area contributed by atoms with Crippen molar-refractivity contribution in [2.24, 2.45) is 0 Å². The number of hydrogen-bond donors (Lipinski definition) is 1. The van der Waals surface area contributed by atoms with E-state index in [0.717, 1.165) is 59.1 Å². The normalized spacial score (nSPS) is 16.2. The lowest BCUT2D eigenvalue weighted by atomic mass is 10.1. The van der Waals surface area contributed by atoms with E-state index >= 15 is 0 Å². The highest BCUT2D eigenvalue weighted by molar-refractivity contribution is 5.90. The van der Waals surface area contributed by atoms with E-state index in [-0.39, 0.29) is 6.03 Å². The third-order valence-electron chi connectivity index (χ3n) is 7.21. The number of carbonyl (C=O) groups is 1. The maximum Gasteiger partial charge on any atom is 0.321 e. The summed E-state index contributed by atoms with van der Waals surface area (Å²) in [5, 5.41) is 3.11. The number of carbonyl (C=O) groups excluding carboxylic acids is 1. The molecule has 1 fully saturated rings. The number of rotatable bonds is 3. The molecule has 0 aliphatic carbocycles. The zero-order valence-electron chi connectivity index (χ0n) is 20.3. The first-order chi connectivity index (χ1) is 17.5. The number of fused-ring (bicyclic) bond motifs is 5. The van der Waals surface area contributed by atoms with E-state index in [9.17, 15) is 4.79 Å². The average molecular weight is 478 g/mol.